The molecule has 1 aromatic rings. The van der Waals surface area contributed by atoms with E-state index in [-0.39, 0.29) is 0 Å². The molecular formula is C14H25N5. The van der Waals surface area contributed by atoms with Crippen molar-refractivity contribution in [2.24, 2.45) is 17.2 Å². The molecule has 1 aromatic heterocycles. The number of piperidine rings is 1. The van der Waals surface area contributed by atoms with Crippen LogP contribution in [-0.2, 0) is 0 Å². The number of aryl methyl sites for hydroxylation is 1. The van der Waals surface area contributed by atoms with Gasteiger partial charge in [0, 0.05) is 19.2 Å². The third-order valence-electron chi connectivity index (χ3n) is 4.02. The average molecular weight is 263 g/mol. The summed E-state index contributed by atoms with van der Waals surface area (Å²) in [7, 11) is 0. The van der Waals surface area contributed by atoms with E-state index in [2.05, 4.69) is 41.1 Å². The third-order valence-corrected chi connectivity index (χ3v) is 4.02. The van der Waals surface area contributed by atoms with Crippen molar-refractivity contribution < 1.29 is 0 Å². The summed E-state index contributed by atoms with van der Waals surface area (Å²) in [5.74, 6) is 8.64. The summed E-state index contributed by atoms with van der Waals surface area (Å²) in [6.45, 7) is 11.0. The molecule has 0 unspecified atom stereocenters. The van der Waals surface area contributed by atoms with E-state index < -0.39 is 0 Å². The summed E-state index contributed by atoms with van der Waals surface area (Å²) in [5.41, 5.74) is 3.00. The van der Waals surface area contributed by atoms with Crippen LogP contribution >= 0.6 is 0 Å². The molecule has 1 saturated heterocycles. The van der Waals surface area contributed by atoms with Crippen LogP contribution in [0, 0.1) is 18.3 Å². The van der Waals surface area contributed by atoms with Gasteiger partial charge < -0.3 is 10.3 Å². The molecule has 0 amide bonds. The standard InChI is InChI=1S/C14H25N5/c1-10-16-12(18-15)9-13(17-10)19-7-5-11(6-8-19)14(2,3)4/h9,11H,5-8,15H2,1-4H3,(H,16,17,18). The van der Waals surface area contributed by atoms with Crippen molar-refractivity contribution in [3.05, 3.63) is 11.9 Å². The normalized spacial score (nSPS) is 17.6. The average Bonchev–Trinajstić information content (AvgIpc) is 2.37. The monoisotopic (exact) mass is 263 g/mol. The predicted octanol–water partition coefficient (Wildman–Crippen LogP) is 2.33. The van der Waals surface area contributed by atoms with Crippen LogP contribution in [0.5, 0.6) is 0 Å². The first-order valence-corrected chi connectivity index (χ1v) is 6.97. The molecule has 0 saturated carbocycles. The van der Waals surface area contributed by atoms with Gasteiger partial charge in [-0.3, -0.25) is 0 Å². The lowest BCUT2D eigenvalue weighted by Gasteiger charge is -2.39. The first-order valence-electron chi connectivity index (χ1n) is 6.97. The summed E-state index contributed by atoms with van der Waals surface area (Å²) in [5, 5.41) is 0. The van der Waals surface area contributed by atoms with Crippen LogP contribution in [0.15, 0.2) is 6.07 Å². The molecule has 0 radical (unpaired) electrons. The molecule has 1 fully saturated rings. The molecule has 0 spiro atoms. The van der Waals surface area contributed by atoms with Gasteiger partial charge in [0.05, 0.1) is 0 Å². The lowest BCUT2D eigenvalue weighted by atomic mass is 9.75. The SMILES string of the molecule is Cc1nc(NN)cc(N2CCC(C(C)(C)C)CC2)n1. The van der Waals surface area contributed by atoms with Crippen LogP contribution in [-0.4, -0.2) is 23.1 Å². The molecule has 2 heterocycles. The second-order valence-corrected chi connectivity index (χ2v) is 6.43. The predicted molar refractivity (Wildman–Crippen MR) is 79.0 cm³/mol. The Morgan fingerprint density at radius 2 is 1.89 bits per heavy atom. The first kappa shape index (κ1) is 14.1. The van der Waals surface area contributed by atoms with Gasteiger partial charge in [0.15, 0.2) is 0 Å². The second-order valence-electron chi connectivity index (χ2n) is 6.43. The minimum Gasteiger partial charge on any atom is -0.356 e. The fourth-order valence-electron chi connectivity index (χ4n) is 2.76. The van der Waals surface area contributed by atoms with E-state index in [0.29, 0.717) is 11.2 Å². The van der Waals surface area contributed by atoms with Gasteiger partial charge in [-0.25, -0.2) is 15.8 Å². The van der Waals surface area contributed by atoms with Gasteiger partial charge >= 0.3 is 0 Å². The molecule has 0 atom stereocenters. The molecule has 2 rings (SSSR count). The Balaban J connectivity index is 2.07. The number of nitrogen functional groups attached to an aromatic ring is 1. The topological polar surface area (TPSA) is 67.1 Å². The highest BCUT2D eigenvalue weighted by atomic mass is 15.3. The number of anilines is 2. The summed E-state index contributed by atoms with van der Waals surface area (Å²) >= 11 is 0. The van der Waals surface area contributed by atoms with Crippen LogP contribution in [0.3, 0.4) is 0 Å². The molecule has 0 aliphatic carbocycles. The highest BCUT2D eigenvalue weighted by Gasteiger charge is 2.29. The van der Waals surface area contributed by atoms with Crippen molar-refractivity contribution in [1.82, 2.24) is 9.97 Å². The van der Waals surface area contributed by atoms with Crippen molar-refractivity contribution in [1.29, 1.82) is 0 Å². The van der Waals surface area contributed by atoms with Crippen LogP contribution in [0.4, 0.5) is 11.6 Å². The highest BCUT2D eigenvalue weighted by molar-refractivity contribution is 5.49. The first-order chi connectivity index (χ1) is 8.90. The summed E-state index contributed by atoms with van der Waals surface area (Å²) in [6, 6.07) is 1.92. The molecule has 106 valence electrons. The van der Waals surface area contributed by atoms with Crippen molar-refractivity contribution in [3.8, 4) is 0 Å². The zero-order valence-corrected chi connectivity index (χ0v) is 12.4. The van der Waals surface area contributed by atoms with Crippen molar-refractivity contribution in [2.75, 3.05) is 23.4 Å². The minimum absolute atomic E-state index is 0.400. The van der Waals surface area contributed by atoms with E-state index >= 15 is 0 Å². The summed E-state index contributed by atoms with van der Waals surface area (Å²) in [4.78, 5) is 11.1. The Labute approximate surface area is 115 Å². The third kappa shape index (κ3) is 3.35. The molecule has 1 aliphatic heterocycles. The summed E-state index contributed by atoms with van der Waals surface area (Å²) < 4.78 is 0. The molecule has 0 bridgehead atoms. The number of hydrogen-bond donors (Lipinski definition) is 2. The molecule has 5 heteroatoms. The highest BCUT2D eigenvalue weighted by Crippen LogP contribution is 2.35. The van der Waals surface area contributed by atoms with E-state index in [4.69, 9.17) is 5.84 Å². The van der Waals surface area contributed by atoms with Gasteiger partial charge in [0.25, 0.3) is 0 Å². The van der Waals surface area contributed by atoms with Crippen molar-refractivity contribution >= 4 is 11.6 Å². The lowest BCUT2D eigenvalue weighted by molar-refractivity contribution is 0.198. The fourth-order valence-corrected chi connectivity index (χ4v) is 2.76. The van der Waals surface area contributed by atoms with E-state index in [1.165, 1.54) is 12.8 Å². The van der Waals surface area contributed by atoms with Gasteiger partial charge in [-0.15, -0.1) is 0 Å². The maximum Gasteiger partial charge on any atom is 0.145 e. The number of nitrogens with two attached hydrogens (primary N) is 1. The zero-order chi connectivity index (χ0) is 14.0. The number of aromatic nitrogens is 2. The van der Waals surface area contributed by atoms with Gasteiger partial charge in [-0.1, -0.05) is 20.8 Å². The number of nitrogens with zero attached hydrogens (tertiary/aromatic N) is 3. The van der Waals surface area contributed by atoms with Crippen LogP contribution in [0.2, 0.25) is 0 Å². The zero-order valence-electron chi connectivity index (χ0n) is 12.4. The van der Waals surface area contributed by atoms with Gasteiger partial charge in [-0.2, -0.15) is 0 Å². The molecule has 5 nitrogen and oxygen atoms in total. The van der Waals surface area contributed by atoms with Crippen LogP contribution in [0.25, 0.3) is 0 Å². The Kier molecular flexibility index (Phi) is 3.94. The largest absolute Gasteiger partial charge is 0.356 e. The van der Waals surface area contributed by atoms with E-state index in [1.54, 1.807) is 0 Å². The van der Waals surface area contributed by atoms with Crippen molar-refractivity contribution in [3.63, 3.8) is 0 Å². The Bertz CT molecular complexity index is 430. The Morgan fingerprint density at radius 1 is 1.26 bits per heavy atom. The lowest BCUT2D eigenvalue weighted by Crippen LogP contribution is -2.38. The molecule has 19 heavy (non-hydrogen) atoms. The quantitative estimate of drug-likeness (QED) is 0.633. The number of hydrazine groups is 1. The minimum atomic E-state index is 0.400. The number of rotatable bonds is 2. The fraction of sp³-hybridized carbons (Fsp3) is 0.714. The molecule has 3 N–H and O–H groups in total. The smallest absolute Gasteiger partial charge is 0.145 e. The van der Waals surface area contributed by atoms with E-state index in [1.807, 2.05) is 13.0 Å². The van der Waals surface area contributed by atoms with Crippen LogP contribution in [0.1, 0.15) is 39.4 Å². The Hall–Kier alpha value is -1.36. The van der Waals surface area contributed by atoms with Crippen LogP contribution < -0.4 is 16.2 Å². The second kappa shape index (κ2) is 5.33. The number of hydrogen-bond acceptors (Lipinski definition) is 5. The maximum atomic E-state index is 5.44. The molecule has 0 aromatic carbocycles. The van der Waals surface area contributed by atoms with Crippen molar-refractivity contribution in [2.45, 2.75) is 40.5 Å². The van der Waals surface area contributed by atoms with E-state index in [0.717, 1.165) is 30.6 Å². The summed E-state index contributed by atoms with van der Waals surface area (Å²) in [6.07, 6.45) is 2.44. The maximum absolute atomic E-state index is 5.44. The van der Waals surface area contributed by atoms with Gasteiger partial charge in [0.2, 0.25) is 0 Å². The Morgan fingerprint density at radius 3 is 2.42 bits per heavy atom. The van der Waals surface area contributed by atoms with E-state index in [9.17, 15) is 0 Å². The van der Waals surface area contributed by atoms with Gasteiger partial charge in [-0.05, 0) is 31.1 Å². The van der Waals surface area contributed by atoms with Gasteiger partial charge in [0.1, 0.15) is 17.5 Å². The number of nitrogens with one attached hydrogen (secondary N) is 1. The molecule has 1 aliphatic rings. The molecular weight excluding hydrogens is 238 g/mol.